The van der Waals surface area contributed by atoms with E-state index in [0.717, 1.165) is 50.3 Å². The molecular weight excluding hydrogens is 1060 g/mol. The van der Waals surface area contributed by atoms with Crippen LogP contribution in [0.3, 0.4) is 0 Å². The molecule has 5 nitrogen and oxygen atoms in total. The van der Waals surface area contributed by atoms with E-state index < -0.39 is 5.41 Å². The van der Waals surface area contributed by atoms with Gasteiger partial charge in [-0.1, -0.05) is 191 Å². The molecule has 10 rings (SSSR count). The first-order valence-corrected chi connectivity index (χ1v) is 25.2. The van der Waals surface area contributed by atoms with E-state index >= 15 is 0 Å². The average molecular weight is 1130 g/mol. The molecule has 2 aromatic heterocycles. The van der Waals surface area contributed by atoms with E-state index in [2.05, 4.69) is 273 Å². The van der Waals surface area contributed by atoms with Gasteiger partial charge in [-0.05, 0) is 98.0 Å². The largest absolute Gasteiger partial charge is 0.509 e. The Kier molecular flexibility index (Phi) is 13.8. The standard InChI is InChI=1S/C66H65N4O.Pt/c1-44(2)55-29-21-30-56(45(3)4)63(55)61-42-68(51-27-20-26-48(36-51)64(5,6)7)43-69(61)52-37-50(66(10,11)47-24-16-13-17-25-47)38-54(40-52)71-53-32-33-58-57-28-18-19-31-59(57)70(60(58)41-53)62-39-49(34-35-67-62)65(8,9)46-22-14-12-15-23-46;/h12-39,42-45H,1-11H3;/q-3;. The molecule has 0 aliphatic carbocycles. The summed E-state index contributed by atoms with van der Waals surface area (Å²) in [5.41, 5.74) is 14.3. The van der Waals surface area contributed by atoms with Crippen molar-refractivity contribution in [1.29, 1.82) is 0 Å². The summed E-state index contributed by atoms with van der Waals surface area (Å²) in [6.07, 6.45) is 4.24. The summed E-state index contributed by atoms with van der Waals surface area (Å²) >= 11 is 0. The summed E-state index contributed by atoms with van der Waals surface area (Å²) < 4.78 is 9.32. The van der Waals surface area contributed by atoms with Gasteiger partial charge in [0.15, 0.2) is 0 Å². The van der Waals surface area contributed by atoms with E-state index in [9.17, 15) is 0 Å². The zero-order valence-electron chi connectivity index (χ0n) is 43.5. The van der Waals surface area contributed by atoms with E-state index in [0.29, 0.717) is 23.3 Å². The third-order valence-electron chi connectivity index (χ3n) is 14.7. The number of anilines is 2. The van der Waals surface area contributed by atoms with Crippen molar-refractivity contribution >= 4 is 38.9 Å². The molecule has 0 N–H and O–H groups in total. The van der Waals surface area contributed by atoms with Crippen LogP contribution < -0.4 is 14.5 Å². The second-order valence-corrected chi connectivity index (χ2v) is 21.9. The number of ether oxygens (including phenoxy) is 1. The molecule has 0 amide bonds. The zero-order valence-corrected chi connectivity index (χ0v) is 45.8. The Labute approximate surface area is 442 Å². The minimum atomic E-state index is -0.392. The fourth-order valence-electron chi connectivity index (χ4n) is 10.2. The summed E-state index contributed by atoms with van der Waals surface area (Å²) in [5.74, 6) is 2.62. The molecule has 6 heteroatoms. The van der Waals surface area contributed by atoms with Crippen molar-refractivity contribution in [3.63, 3.8) is 0 Å². The summed E-state index contributed by atoms with van der Waals surface area (Å²) in [4.78, 5) is 9.62. The van der Waals surface area contributed by atoms with Gasteiger partial charge < -0.3 is 19.1 Å². The molecule has 0 saturated carbocycles. The number of benzene rings is 7. The summed E-state index contributed by atoms with van der Waals surface area (Å²) in [6, 6.07) is 66.3. The van der Waals surface area contributed by atoms with Crippen molar-refractivity contribution in [2.24, 2.45) is 0 Å². The number of nitrogens with zero attached hydrogens (tertiary/aromatic N) is 4. The predicted octanol–water partition coefficient (Wildman–Crippen LogP) is 17.2. The fraction of sp³-hybridized carbons (Fsp3) is 0.242. The Hall–Kier alpha value is -6.68. The smallest absolute Gasteiger partial charge is 0.135 e. The molecule has 72 heavy (non-hydrogen) atoms. The number of para-hydroxylation sites is 1. The van der Waals surface area contributed by atoms with Crippen molar-refractivity contribution < 1.29 is 25.8 Å². The zero-order chi connectivity index (χ0) is 49.8. The quantitative estimate of drug-likeness (QED) is 0.114. The van der Waals surface area contributed by atoms with Gasteiger partial charge in [-0.2, -0.15) is 6.07 Å². The van der Waals surface area contributed by atoms with Gasteiger partial charge in [0.05, 0.1) is 0 Å². The van der Waals surface area contributed by atoms with Crippen LogP contribution >= 0.6 is 0 Å². The number of pyridine rings is 1. The van der Waals surface area contributed by atoms with Crippen LogP contribution in [0.15, 0.2) is 176 Å². The molecule has 0 fully saturated rings. The second-order valence-electron chi connectivity index (χ2n) is 21.9. The van der Waals surface area contributed by atoms with Gasteiger partial charge in [-0.25, -0.2) is 4.98 Å². The number of hydrogen-bond donors (Lipinski definition) is 0. The molecule has 368 valence electrons. The first-order valence-electron chi connectivity index (χ1n) is 25.2. The van der Waals surface area contributed by atoms with Gasteiger partial charge in [-0.3, -0.25) is 0 Å². The molecule has 0 bridgehead atoms. The van der Waals surface area contributed by atoms with Crippen LogP contribution in [0.25, 0.3) is 33.3 Å². The molecular formula is C66H65N4OPt-3. The van der Waals surface area contributed by atoms with Crippen LogP contribution in [0.1, 0.15) is 133 Å². The molecule has 0 radical (unpaired) electrons. The molecule has 9 aromatic rings. The van der Waals surface area contributed by atoms with E-state index in [4.69, 9.17) is 9.72 Å². The maximum Gasteiger partial charge on any atom is 0.135 e. The van der Waals surface area contributed by atoms with Gasteiger partial charge in [0.2, 0.25) is 0 Å². The monoisotopic (exact) mass is 1120 g/mol. The fourth-order valence-corrected chi connectivity index (χ4v) is 10.2. The molecule has 7 aromatic carbocycles. The number of fused-ring (bicyclic) bond motifs is 3. The van der Waals surface area contributed by atoms with Gasteiger partial charge >= 0.3 is 0 Å². The Balaban J connectivity index is 0.00000640. The first kappa shape index (κ1) is 50.3. The predicted molar refractivity (Wildman–Crippen MR) is 297 cm³/mol. The van der Waals surface area contributed by atoms with Crippen LogP contribution in [0.2, 0.25) is 0 Å². The van der Waals surface area contributed by atoms with E-state index in [1.54, 1.807) is 0 Å². The van der Waals surface area contributed by atoms with E-state index in [-0.39, 0.29) is 31.9 Å². The minimum absolute atomic E-state index is 0. The van der Waals surface area contributed by atoms with Crippen molar-refractivity contribution in [2.45, 2.75) is 104 Å². The van der Waals surface area contributed by atoms with E-state index in [1.807, 2.05) is 12.3 Å². The minimum Gasteiger partial charge on any atom is -0.509 e. The van der Waals surface area contributed by atoms with Crippen LogP contribution in [0, 0.1) is 18.8 Å². The van der Waals surface area contributed by atoms with Crippen LogP contribution in [0.4, 0.5) is 11.4 Å². The Morgan fingerprint density at radius 3 is 1.81 bits per heavy atom. The molecule has 0 atom stereocenters. The topological polar surface area (TPSA) is 33.5 Å². The SMILES string of the molecule is CC(C)c1cccc(C(C)C)c1C1=CN(c2cccc(C(C)(C)C)c2)[CH-]N1c1[c-]c(Oc2[c-]c3c(cc2)c2ccccc2n3-c2cc(C(C)(C)c3ccccc3)ccn2)cc(C(C)(C)c2ccccc2)c1.[Pt]. The van der Waals surface area contributed by atoms with E-state index in [1.165, 1.54) is 38.9 Å². The van der Waals surface area contributed by atoms with Crippen molar-refractivity contribution in [1.82, 2.24) is 9.55 Å². The normalized spacial score (nSPS) is 13.3. The van der Waals surface area contributed by atoms with Gasteiger partial charge in [0.25, 0.3) is 0 Å². The molecule has 0 spiro atoms. The third-order valence-corrected chi connectivity index (χ3v) is 14.7. The van der Waals surface area contributed by atoms with Crippen LogP contribution in [-0.4, -0.2) is 9.55 Å². The maximum absolute atomic E-state index is 7.09. The van der Waals surface area contributed by atoms with Crippen LogP contribution in [-0.2, 0) is 37.3 Å². The van der Waals surface area contributed by atoms with Crippen molar-refractivity contribution in [3.05, 3.63) is 239 Å². The summed E-state index contributed by atoms with van der Waals surface area (Å²) in [6.45, 7) is 27.4. The number of hydrogen-bond acceptors (Lipinski definition) is 4. The van der Waals surface area contributed by atoms with Gasteiger partial charge in [-0.15, -0.1) is 53.6 Å². The third kappa shape index (κ3) is 9.45. The summed E-state index contributed by atoms with van der Waals surface area (Å²) in [5, 5.41) is 2.21. The second kappa shape index (κ2) is 19.7. The van der Waals surface area contributed by atoms with Crippen LogP contribution in [0.5, 0.6) is 11.5 Å². The summed E-state index contributed by atoms with van der Waals surface area (Å²) in [7, 11) is 0. The maximum atomic E-state index is 7.09. The van der Waals surface area contributed by atoms with Gasteiger partial charge in [0, 0.05) is 66.6 Å². The molecule has 0 saturated heterocycles. The average Bonchev–Trinajstić information content (AvgIpc) is 3.96. The van der Waals surface area contributed by atoms with Crippen molar-refractivity contribution in [2.75, 3.05) is 9.80 Å². The molecule has 1 aliphatic heterocycles. The first-order chi connectivity index (χ1) is 34.0. The number of rotatable bonds is 12. The molecule has 3 heterocycles. The van der Waals surface area contributed by atoms with Gasteiger partial charge in [0.1, 0.15) is 5.82 Å². The molecule has 1 aliphatic rings. The number of aromatic nitrogens is 2. The Morgan fingerprint density at radius 2 is 1.15 bits per heavy atom. The Bertz CT molecular complexity index is 3400. The molecule has 0 unspecified atom stereocenters. The Morgan fingerprint density at radius 1 is 0.542 bits per heavy atom. The van der Waals surface area contributed by atoms with Crippen molar-refractivity contribution in [3.8, 4) is 17.3 Å².